The first-order valence-corrected chi connectivity index (χ1v) is 22.6. The van der Waals surface area contributed by atoms with Crippen molar-refractivity contribution in [2.45, 2.75) is 0 Å². The molecule has 9 aromatic carbocycles. The van der Waals surface area contributed by atoms with Gasteiger partial charge in [0.1, 0.15) is 11.2 Å². The van der Waals surface area contributed by atoms with E-state index in [1.807, 2.05) is 48.5 Å². The van der Waals surface area contributed by atoms with E-state index in [-0.39, 0.29) is 0 Å². The molecule has 0 N–H and O–H groups in total. The number of hydrogen-bond acceptors (Lipinski definition) is 8. The molecule has 1 aliphatic carbocycles. The molecule has 0 aliphatic heterocycles. The molecule has 318 valence electrons. The first-order chi connectivity index (χ1) is 33.7. The second-order valence-electron chi connectivity index (χ2n) is 17.0. The summed E-state index contributed by atoms with van der Waals surface area (Å²) in [5.41, 5.74) is 15.3. The van der Waals surface area contributed by atoms with Gasteiger partial charge in [-0.15, -0.1) is 0 Å². The Kier molecular flexibility index (Phi) is 8.41. The molecule has 0 unspecified atom stereocenters. The molecule has 0 fully saturated rings. The molecule has 0 spiro atoms. The predicted molar refractivity (Wildman–Crippen MR) is 274 cm³/mol. The molecule has 4 aromatic heterocycles. The van der Waals surface area contributed by atoms with Crippen LogP contribution in [-0.2, 0) is 0 Å². The van der Waals surface area contributed by atoms with E-state index in [9.17, 15) is 0 Å². The molecule has 14 rings (SSSR count). The van der Waals surface area contributed by atoms with Crippen LogP contribution in [-0.4, -0.2) is 19.9 Å². The first-order valence-electron chi connectivity index (χ1n) is 22.6. The number of fused-ring (bicyclic) bond motifs is 9. The quantitative estimate of drug-likeness (QED) is 0.149. The van der Waals surface area contributed by atoms with Gasteiger partial charge in [-0.3, -0.25) is 0 Å². The van der Waals surface area contributed by atoms with Crippen LogP contribution in [0.15, 0.2) is 227 Å². The molecule has 8 nitrogen and oxygen atoms in total. The van der Waals surface area contributed by atoms with E-state index in [0.717, 1.165) is 117 Å². The summed E-state index contributed by atoms with van der Waals surface area (Å²) in [4.78, 5) is 25.3. The van der Waals surface area contributed by atoms with Crippen LogP contribution in [0.25, 0.3) is 100 Å². The molecule has 68 heavy (non-hydrogen) atoms. The highest BCUT2D eigenvalue weighted by molar-refractivity contribution is 6.13. The van der Waals surface area contributed by atoms with Gasteiger partial charge in [-0.2, -0.15) is 0 Å². The Morgan fingerprint density at radius 1 is 0.309 bits per heavy atom. The van der Waals surface area contributed by atoms with E-state index >= 15 is 0 Å². The molecule has 0 bridgehead atoms. The Hall–Kier alpha value is -9.40. The molecule has 0 radical (unpaired) electrons. The summed E-state index contributed by atoms with van der Waals surface area (Å²) in [7, 11) is 0. The molecule has 13 aromatic rings. The number of aromatic nitrogens is 4. The zero-order valence-electron chi connectivity index (χ0n) is 36.3. The summed E-state index contributed by atoms with van der Waals surface area (Å²) < 4.78 is 13.1. The Bertz CT molecular complexity index is 3830. The molecule has 0 atom stereocenters. The second-order valence-corrected chi connectivity index (χ2v) is 17.0. The molecule has 0 saturated heterocycles. The normalized spacial score (nSPS) is 11.8. The maximum atomic E-state index is 6.54. The number of nitrogens with zero attached hydrogens (tertiary/aromatic N) is 6. The lowest BCUT2D eigenvalue weighted by atomic mass is 10.1. The van der Waals surface area contributed by atoms with E-state index in [1.165, 1.54) is 0 Å². The summed E-state index contributed by atoms with van der Waals surface area (Å²) in [5, 5.41) is 5.18. The minimum atomic E-state index is 0.589. The van der Waals surface area contributed by atoms with Gasteiger partial charge in [-0.05, 0) is 97.1 Å². The van der Waals surface area contributed by atoms with Gasteiger partial charge in [0.25, 0.3) is 0 Å². The highest BCUT2D eigenvalue weighted by Gasteiger charge is 2.28. The second kappa shape index (κ2) is 15.1. The molecule has 1 aliphatic rings. The molecular formula is C60H36N6O2. The smallest absolute Gasteiger partial charge is 0.168 e. The zero-order chi connectivity index (χ0) is 44.7. The van der Waals surface area contributed by atoms with Gasteiger partial charge in [0.15, 0.2) is 28.5 Å². The summed E-state index contributed by atoms with van der Waals surface area (Å²) in [6, 6.07) is 74.9. The highest BCUT2D eigenvalue weighted by atomic mass is 16.3. The summed E-state index contributed by atoms with van der Waals surface area (Å²) in [6.07, 6.45) is 0. The third-order valence-electron chi connectivity index (χ3n) is 13.0. The van der Waals surface area contributed by atoms with E-state index in [2.05, 4.69) is 180 Å². The van der Waals surface area contributed by atoms with Crippen LogP contribution in [0.2, 0.25) is 0 Å². The minimum Gasteiger partial charge on any atom is -0.454 e. The average molecular weight is 873 g/mol. The van der Waals surface area contributed by atoms with Crippen molar-refractivity contribution in [3.8, 4) is 45.3 Å². The summed E-state index contributed by atoms with van der Waals surface area (Å²) in [5.74, 6) is 1.18. The number of rotatable bonds is 8. The van der Waals surface area contributed by atoms with Crippen molar-refractivity contribution in [3.63, 3.8) is 0 Å². The predicted octanol–water partition coefficient (Wildman–Crippen LogP) is 16.1. The van der Waals surface area contributed by atoms with Gasteiger partial charge < -0.3 is 18.6 Å². The SMILES string of the molecule is c1ccc(N(c2ccc(-c3nc4c5c(nc(-c6ccc(N(c7ccccc7)c7cccc8c7oc7ccccc78)cc6)nc5n3)-c3ccccc3-4)cc2)c2cccc3c2oc2ccccc23)cc1. The first kappa shape index (κ1) is 37.9. The number of hydrogen-bond donors (Lipinski definition) is 0. The number of anilines is 6. The largest absolute Gasteiger partial charge is 0.454 e. The van der Waals surface area contributed by atoms with Crippen molar-refractivity contribution >= 4 is 89.0 Å². The van der Waals surface area contributed by atoms with Crippen LogP contribution in [0.1, 0.15) is 0 Å². The number of para-hydroxylation sites is 6. The van der Waals surface area contributed by atoms with Crippen LogP contribution in [0.5, 0.6) is 0 Å². The standard InChI is InChI=1S/C60H36N6O2/c1-3-15-39(16-4-1)65(49-25-13-23-47-43-19-9-11-27-51(43)67-56(47)49)41-33-29-37(30-34-41)58-61-54-45-21-7-8-22-46(45)55-53(54)60(63-58)64-59(62-55)38-31-35-42(36-32-38)66(40-17-5-2-6-18-40)50-26-14-24-48-44-20-10-12-28-52(44)68-57(48)50/h1-36H. The van der Waals surface area contributed by atoms with E-state index in [4.69, 9.17) is 28.8 Å². The lowest BCUT2D eigenvalue weighted by molar-refractivity contribution is 0.668. The van der Waals surface area contributed by atoms with E-state index in [1.54, 1.807) is 0 Å². The van der Waals surface area contributed by atoms with Crippen LogP contribution < -0.4 is 9.80 Å². The minimum absolute atomic E-state index is 0.589. The molecule has 0 amide bonds. The van der Waals surface area contributed by atoms with Gasteiger partial charge in [-0.25, -0.2) is 19.9 Å². The number of benzene rings is 9. The Morgan fingerprint density at radius 3 is 1.15 bits per heavy atom. The van der Waals surface area contributed by atoms with Crippen molar-refractivity contribution in [1.82, 2.24) is 19.9 Å². The number of furan rings is 2. The monoisotopic (exact) mass is 872 g/mol. The third-order valence-corrected chi connectivity index (χ3v) is 13.0. The fraction of sp³-hybridized carbons (Fsp3) is 0. The average Bonchev–Trinajstić information content (AvgIpc) is 4.09. The maximum Gasteiger partial charge on any atom is 0.168 e. The van der Waals surface area contributed by atoms with Crippen molar-refractivity contribution in [1.29, 1.82) is 0 Å². The van der Waals surface area contributed by atoms with E-state index in [0.29, 0.717) is 17.3 Å². The molecule has 0 saturated carbocycles. The van der Waals surface area contributed by atoms with Gasteiger partial charge in [0.2, 0.25) is 0 Å². The van der Waals surface area contributed by atoms with Gasteiger partial charge in [-0.1, -0.05) is 121 Å². The van der Waals surface area contributed by atoms with Crippen LogP contribution >= 0.6 is 0 Å². The topological polar surface area (TPSA) is 84.3 Å². The Labute approximate surface area is 389 Å². The van der Waals surface area contributed by atoms with Crippen LogP contribution in [0.4, 0.5) is 34.1 Å². The highest BCUT2D eigenvalue weighted by Crippen LogP contribution is 2.47. The summed E-state index contributed by atoms with van der Waals surface area (Å²) >= 11 is 0. The van der Waals surface area contributed by atoms with Gasteiger partial charge in [0, 0.05) is 66.5 Å². The maximum absolute atomic E-state index is 6.54. The molecular weight excluding hydrogens is 837 g/mol. The van der Waals surface area contributed by atoms with Crippen molar-refractivity contribution in [2.75, 3.05) is 9.80 Å². The third kappa shape index (κ3) is 5.94. The molecule has 4 heterocycles. The Morgan fingerprint density at radius 2 is 0.691 bits per heavy atom. The van der Waals surface area contributed by atoms with Crippen LogP contribution in [0, 0.1) is 0 Å². The van der Waals surface area contributed by atoms with Crippen molar-refractivity contribution in [2.24, 2.45) is 0 Å². The lowest BCUT2D eigenvalue weighted by Gasteiger charge is -2.25. The molecule has 8 heteroatoms. The van der Waals surface area contributed by atoms with Gasteiger partial charge in [0.05, 0.1) is 28.1 Å². The van der Waals surface area contributed by atoms with Crippen molar-refractivity contribution in [3.05, 3.63) is 218 Å². The summed E-state index contributed by atoms with van der Waals surface area (Å²) in [6.45, 7) is 0. The van der Waals surface area contributed by atoms with Gasteiger partial charge >= 0.3 is 0 Å². The van der Waals surface area contributed by atoms with Crippen LogP contribution in [0.3, 0.4) is 0 Å². The fourth-order valence-electron chi connectivity index (χ4n) is 9.92. The van der Waals surface area contributed by atoms with E-state index < -0.39 is 0 Å². The fourth-order valence-corrected chi connectivity index (χ4v) is 9.92. The lowest BCUT2D eigenvalue weighted by Crippen LogP contribution is -2.10. The van der Waals surface area contributed by atoms with Crippen molar-refractivity contribution < 1.29 is 8.83 Å². The zero-order valence-corrected chi connectivity index (χ0v) is 36.3. The Balaban J connectivity index is 0.864.